The predicted molar refractivity (Wildman–Crippen MR) is 118 cm³/mol. The number of ether oxygens (including phenoxy) is 2. The topological polar surface area (TPSA) is 140 Å². The fraction of sp³-hybridized carbons (Fsp3) is 0.238. The van der Waals surface area contributed by atoms with Gasteiger partial charge in [0.2, 0.25) is 0 Å². The number of esters is 2. The number of rotatable bonds is 8. The molecule has 0 unspecified atom stereocenters. The lowest BCUT2D eigenvalue weighted by molar-refractivity contribution is -0.141. The number of amides is 1. The van der Waals surface area contributed by atoms with Crippen LogP contribution >= 0.6 is 11.8 Å². The number of hydrogen-bond acceptors (Lipinski definition) is 9. The van der Waals surface area contributed by atoms with E-state index in [4.69, 9.17) is 9.84 Å². The number of aromatic nitrogens is 2. The van der Waals surface area contributed by atoms with Crippen LogP contribution in [0.1, 0.15) is 23.0 Å². The maximum absolute atomic E-state index is 12.9. The van der Waals surface area contributed by atoms with Gasteiger partial charge in [0.15, 0.2) is 16.7 Å². The lowest BCUT2D eigenvalue weighted by Gasteiger charge is -2.15. The number of thioether (sulfide) groups is 1. The monoisotopic (exact) mass is 472 g/mol. The maximum Gasteiger partial charge on any atom is 0.358 e. The molecule has 1 aliphatic heterocycles. The minimum Gasteiger partial charge on any atom is -0.478 e. The van der Waals surface area contributed by atoms with Crippen molar-refractivity contribution in [3.63, 3.8) is 0 Å². The Kier molecular flexibility index (Phi) is 7.61. The van der Waals surface area contributed by atoms with Crippen molar-refractivity contribution in [1.82, 2.24) is 14.5 Å². The predicted octanol–water partition coefficient (Wildman–Crippen LogP) is 1.96. The highest BCUT2D eigenvalue weighted by Crippen LogP contribution is 2.34. The molecule has 0 aliphatic carbocycles. The molecule has 0 spiro atoms. The average molecular weight is 472 g/mol. The van der Waals surface area contributed by atoms with Crippen LogP contribution in [-0.2, 0) is 36.9 Å². The highest BCUT2D eigenvalue weighted by atomic mass is 32.2. The van der Waals surface area contributed by atoms with E-state index in [1.165, 1.54) is 22.9 Å². The van der Waals surface area contributed by atoms with E-state index in [1.807, 2.05) is 18.2 Å². The van der Waals surface area contributed by atoms with Crippen molar-refractivity contribution in [2.24, 2.45) is 4.99 Å². The Labute approximate surface area is 192 Å². The van der Waals surface area contributed by atoms with E-state index in [0.717, 1.165) is 23.4 Å². The van der Waals surface area contributed by atoms with Gasteiger partial charge in [0.05, 0.1) is 31.5 Å². The van der Waals surface area contributed by atoms with Crippen LogP contribution in [0, 0.1) is 0 Å². The van der Waals surface area contributed by atoms with Crippen LogP contribution in [-0.4, -0.2) is 62.3 Å². The van der Waals surface area contributed by atoms with Crippen LogP contribution in [0.5, 0.6) is 0 Å². The van der Waals surface area contributed by atoms with Crippen molar-refractivity contribution in [3.05, 3.63) is 58.9 Å². The zero-order chi connectivity index (χ0) is 24.0. The third-order valence-corrected chi connectivity index (χ3v) is 5.35. The molecule has 0 atom stereocenters. The molecule has 12 heteroatoms. The summed E-state index contributed by atoms with van der Waals surface area (Å²) >= 11 is 0.844. The van der Waals surface area contributed by atoms with Crippen molar-refractivity contribution in [1.29, 1.82) is 0 Å². The van der Waals surface area contributed by atoms with Gasteiger partial charge in [-0.1, -0.05) is 30.3 Å². The van der Waals surface area contributed by atoms with Crippen LogP contribution in [0.15, 0.2) is 52.6 Å². The van der Waals surface area contributed by atoms with Gasteiger partial charge in [-0.15, -0.1) is 0 Å². The number of benzene rings is 1. The molecule has 33 heavy (non-hydrogen) atoms. The molecule has 1 fully saturated rings. The van der Waals surface area contributed by atoms with E-state index in [9.17, 15) is 19.2 Å². The van der Waals surface area contributed by atoms with Crippen LogP contribution in [0.4, 0.5) is 5.82 Å². The molecule has 172 valence electrons. The van der Waals surface area contributed by atoms with Gasteiger partial charge in [-0.3, -0.25) is 14.5 Å². The third kappa shape index (κ3) is 5.66. The number of methoxy groups -OCH3 is 1. The SMILES string of the molecule is CCOC(=O)c1c(N=C2SC(=CC(=O)O)C(=O)N2Cc2ccccc2)ncn1CC(=O)OC. The van der Waals surface area contributed by atoms with Gasteiger partial charge in [-0.2, -0.15) is 0 Å². The molecule has 1 aliphatic rings. The van der Waals surface area contributed by atoms with Gasteiger partial charge in [0, 0.05) is 6.08 Å². The number of imidazole rings is 1. The molecule has 11 nitrogen and oxygen atoms in total. The smallest absolute Gasteiger partial charge is 0.358 e. The fourth-order valence-corrected chi connectivity index (χ4v) is 3.83. The molecule has 1 aromatic heterocycles. The number of nitrogens with zero attached hydrogens (tertiary/aromatic N) is 4. The Hall–Kier alpha value is -3.93. The van der Waals surface area contributed by atoms with Crippen molar-refractivity contribution < 1.29 is 33.8 Å². The van der Waals surface area contributed by atoms with Gasteiger partial charge < -0.3 is 19.1 Å². The normalized spacial score (nSPS) is 15.8. The lowest BCUT2D eigenvalue weighted by atomic mass is 10.2. The summed E-state index contributed by atoms with van der Waals surface area (Å²) in [5.74, 6) is -3.27. The zero-order valence-corrected chi connectivity index (χ0v) is 18.6. The molecule has 1 aromatic carbocycles. The Bertz CT molecular complexity index is 1140. The maximum atomic E-state index is 12.9. The minimum absolute atomic E-state index is 0.0381. The summed E-state index contributed by atoms with van der Waals surface area (Å²) in [5, 5.41) is 9.24. The van der Waals surface area contributed by atoms with Gasteiger partial charge in [0.1, 0.15) is 6.54 Å². The number of aliphatic imine (C=N–C) groups is 1. The second-order valence-electron chi connectivity index (χ2n) is 6.56. The summed E-state index contributed by atoms with van der Waals surface area (Å²) in [4.78, 5) is 58.0. The Morgan fingerprint density at radius 3 is 2.61 bits per heavy atom. The van der Waals surface area contributed by atoms with E-state index >= 15 is 0 Å². The number of hydrogen-bond donors (Lipinski definition) is 1. The van der Waals surface area contributed by atoms with Gasteiger partial charge in [-0.05, 0) is 24.2 Å². The van der Waals surface area contributed by atoms with Gasteiger partial charge in [0.25, 0.3) is 5.91 Å². The zero-order valence-electron chi connectivity index (χ0n) is 17.8. The van der Waals surface area contributed by atoms with Gasteiger partial charge in [-0.25, -0.2) is 19.6 Å². The summed E-state index contributed by atoms with van der Waals surface area (Å²) in [6, 6.07) is 9.06. The molecular formula is C21H20N4O7S. The first-order valence-electron chi connectivity index (χ1n) is 9.70. The van der Waals surface area contributed by atoms with Crippen molar-refractivity contribution in [2.45, 2.75) is 20.0 Å². The number of carboxylic acid groups (broad SMARTS) is 1. The second-order valence-corrected chi connectivity index (χ2v) is 7.57. The van der Waals surface area contributed by atoms with E-state index in [0.29, 0.717) is 0 Å². The molecule has 1 saturated heterocycles. The Morgan fingerprint density at radius 1 is 1.24 bits per heavy atom. The molecule has 0 radical (unpaired) electrons. The first-order valence-corrected chi connectivity index (χ1v) is 10.5. The first-order chi connectivity index (χ1) is 15.8. The average Bonchev–Trinajstić information content (AvgIpc) is 3.30. The Morgan fingerprint density at radius 2 is 1.97 bits per heavy atom. The number of carboxylic acids is 1. The number of carbonyl (C=O) groups is 4. The van der Waals surface area contributed by atoms with Crippen LogP contribution in [0.3, 0.4) is 0 Å². The minimum atomic E-state index is -1.28. The summed E-state index contributed by atoms with van der Waals surface area (Å²) in [6.45, 7) is 1.53. The van der Waals surface area contributed by atoms with Crippen LogP contribution in [0.25, 0.3) is 0 Å². The molecule has 1 N–H and O–H groups in total. The molecule has 2 aromatic rings. The van der Waals surface area contributed by atoms with E-state index in [1.54, 1.807) is 19.1 Å². The summed E-state index contributed by atoms with van der Waals surface area (Å²) in [7, 11) is 1.21. The summed E-state index contributed by atoms with van der Waals surface area (Å²) in [5.41, 5.74) is 0.690. The van der Waals surface area contributed by atoms with E-state index in [2.05, 4.69) is 14.7 Å². The fourth-order valence-electron chi connectivity index (χ4n) is 2.88. The Balaban J connectivity index is 2.05. The quantitative estimate of drug-likeness (QED) is 0.451. The molecule has 0 bridgehead atoms. The molecular weight excluding hydrogens is 452 g/mol. The molecule has 2 heterocycles. The highest BCUT2D eigenvalue weighted by Gasteiger charge is 2.35. The van der Waals surface area contributed by atoms with Crippen molar-refractivity contribution in [3.8, 4) is 0 Å². The standard InChI is InChI=1S/C21H20N4O7S/c1-3-32-20(30)17-18(22-12-24(17)11-16(28)31-2)23-21-25(10-13-7-5-4-6-8-13)19(29)14(33-21)9-15(26)27/h4-9,12H,3,10-11H2,1-2H3,(H,26,27). The van der Waals surface area contributed by atoms with Crippen LogP contribution in [0.2, 0.25) is 0 Å². The molecule has 0 saturated carbocycles. The largest absolute Gasteiger partial charge is 0.478 e. The lowest BCUT2D eigenvalue weighted by Crippen LogP contribution is -2.28. The number of carbonyl (C=O) groups excluding carboxylic acids is 3. The van der Waals surface area contributed by atoms with Crippen molar-refractivity contribution >= 4 is 46.6 Å². The molecule has 1 amide bonds. The van der Waals surface area contributed by atoms with Crippen molar-refractivity contribution in [2.75, 3.05) is 13.7 Å². The summed E-state index contributed by atoms with van der Waals surface area (Å²) in [6.07, 6.45) is 2.04. The third-order valence-electron chi connectivity index (χ3n) is 4.34. The molecule has 3 rings (SSSR count). The second kappa shape index (κ2) is 10.6. The number of aliphatic carboxylic acids is 1. The van der Waals surface area contributed by atoms with E-state index < -0.39 is 23.8 Å². The van der Waals surface area contributed by atoms with Crippen LogP contribution < -0.4 is 0 Å². The highest BCUT2D eigenvalue weighted by molar-refractivity contribution is 8.18. The van der Waals surface area contributed by atoms with E-state index in [-0.39, 0.29) is 41.3 Å². The number of amidine groups is 1. The van der Waals surface area contributed by atoms with Gasteiger partial charge >= 0.3 is 17.9 Å². The summed E-state index contributed by atoms with van der Waals surface area (Å²) < 4.78 is 10.9. The first kappa shape index (κ1) is 23.7.